The minimum atomic E-state index is -0.514. The van der Waals surface area contributed by atoms with E-state index in [1.807, 2.05) is 19.1 Å². The quantitative estimate of drug-likeness (QED) is 0.158. The van der Waals surface area contributed by atoms with Crippen LogP contribution in [0, 0.1) is 17.0 Å². The number of allylic oxidation sites excluding steroid dienone is 1. The average Bonchev–Trinajstić information content (AvgIpc) is 3.27. The molecule has 0 aliphatic carbocycles. The monoisotopic (exact) mass is 524 g/mol. The van der Waals surface area contributed by atoms with Gasteiger partial charge in [-0.05, 0) is 37.1 Å². The van der Waals surface area contributed by atoms with Crippen molar-refractivity contribution in [3.63, 3.8) is 0 Å². The first-order valence-electron chi connectivity index (χ1n) is 11.4. The highest BCUT2D eigenvalue weighted by atomic mass is 32.2. The van der Waals surface area contributed by atoms with Gasteiger partial charge in [0.15, 0.2) is 11.0 Å². The normalized spacial score (nSPS) is 11.4. The fourth-order valence-corrected chi connectivity index (χ4v) is 4.24. The largest absolute Gasteiger partial charge is 0.497 e. The van der Waals surface area contributed by atoms with Crippen LogP contribution in [-0.2, 0) is 22.6 Å². The lowest BCUT2D eigenvalue weighted by atomic mass is 10.1. The molecular weight excluding hydrogens is 496 g/mol. The summed E-state index contributed by atoms with van der Waals surface area (Å²) in [4.78, 5) is 35.7. The number of rotatable bonds is 12. The van der Waals surface area contributed by atoms with Gasteiger partial charge in [-0.1, -0.05) is 36.0 Å². The Hall–Kier alpha value is -4.19. The summed E-state index contributed by atoms with van der Waals surface area (Å²) < 4.78 is 6.92. The summed E-state index contributed by atoms with van der Waals surface area (Å²) in [5, 5.41) is 25.6. The Kier molecular flexibility index (Phi) is 9.39. The predicted molar refractivity (Wildman–Crippen MR) is 141 cm³/mol. The molecule has 12 heteroatoms. The third-order valence-corrected chi connectivity index (χ3v) is 6.35. The zero-order valence-corrected chi connectivity index (χ0v) is 21.6. The van der Waals surface area contributed by atoms with E-state index >= 15 is 0 Å². The van der Waals surface area contributed by atoms with Crippen molar-refractivity contribution in [3.05, 3.63) is 82.2 Å². The zero-order chi connectivity index (χ0) is 26.9. The van der Waals surface area contributed by atoms with Crippen LogP contribution < -0.4 is 15.4 Å². The Morgan fingerprint density at radius 3 is 2.59 bits per heavy atom. The van der Waals surface area contributed by atoms with E-state index in [0.29, 0.717) is 34.5 Å². The van der Waals surface area contributed by atoms with Gasteiger partial charge in [-0.3, -0.25) is 19.7 Å². The van der Waals surface area contributed by atoms with Crippen LogP contribution in [0.3, 0.4) is 0 Å². The van der Waals surface area contributed by atoms with Gasteiger partial charge in [0.2, 0.25) is 11.8 Å². The van der Waals surface area contributed by atoms with Crippen LogP contribution in [0.5, 0.6) is 5.75 Å². The van der Waals surface area contributed by atoms with E-state index in [-0.39, 0.29) is 29.7 Å². The molecule has 2 aromatic carbocycles. The number of carbonyl (C=O) groups excluding carboxylic acids is 2. The van der Waals surface area contributed by atoms with E-state index in [1.165, 1.54) is 23.9 Å². The minimum Gasteiger partial charge on any atom is -0.497 e. The van der Waals surface area contributed by atoms with E-state index in [2.05, 4.69) is 27.4 Å². The number of hydrogen-bond acceptors (Lipinski definition) is 8. The molecule has 0 aliphatic heterocycles. The van der Waals surface area contributed by atoms with Crippen LogP contribution in [-0.4, -0.2) is 44.4 Å². The van der Waals surface area contributed by atoms with Crippen LogP contribution >= 0.6 is 11.8 Å². The minimum absolute atomic E-state index is 0.00954. The van der Waals surface area contributed by atoms with Gasteiger partial charge in [0.1, 0.15) is 5.75 Å². The molecule has 3 rings (SSSR count). The van der Waals surface area contributed by atoms with Crippen molar-refractivity contribution in [2.45, 2.75) is 38.0 Å². The number of thioether (sulfide) groups is 1. The summed E-state index contributed by atoms with van der Waals surface area (Å²) >= 11 is 1.17. The number of nitrogens with zero attached hydrogens (tertiary/aromatic N) is 4. The number of nitrogens with one attached hydrogen (secondary N) is 2. The number of aryl methyl sites for hydroxylation is 1. The van der Waals surface area contributed by atoms with E-state index in [0.717, 1.165) is 5.56 Å². The molecule has 2 N–H and O–H groups in total. The zero-order valence-electron chi connectivity index (χ0n) is 20.8. The summed E-state index contributed by atoms with van der Waals surface area (Å²) in [6.07, 6.45) is 1.87. The summed E-state index contributed by atoms with van der Waals surface area (Å²) in [6.45, 7) is 7.72. The molecule has 0 spiro atoms. The van der Waals surface area contributed by atoms with Gasteiger partial charge in [0.05, 0.1) is 35.9 Å². The number of ether oxygens (including phenoxy) is 1. The molecule has 2 amide bonds. The maximum atomic E-state index is 12.6. The van der Waals surface area contributed by atoms with Gasteiger partial charge in [0, 0.05) is 18.7 Å². The molecule has 1 aromatic heterocycles. The number of amides is 2. The van der Waals surface area contributed by atoms with Gasteiger partial charge < -0.3 is 19.9 Å². The third-order valence-electron chi connectivity index (χ3n) is 5.38. The first kappa shape index (κ1) is 27.4. The second-order valence-electron chi connectivity index (χ2n) is 8.15. The van der Waals surface area contributed by atoms with Crippen molar-refractivity contribution in [2.75, 3.05) is 18.2 Å². The number of benzene rings is 2. The molecule has 37 heavy (non-hydrogen) atoms. The molecule has 194 valence electrons. The van der Waals surface area contributed by atoms with Crippen molar-refractivity contribution in [1.82, 2.24) is 20.1 Å². The number of methoxy groups -OCH3 is 1. The first-order chi connectivity index (χ1) is 17.7. The number of aromatic nitrogens is 3. The third kappa shape index (κ3) is 7.40. The van der Waals surface area contributed by atoms with Crippen molar-refractivity contribution in [3.8, 4) is 5.75 Å². The highest BCUT2D eigenvalue weighted by molar-refractivity contribution is 7.99. The molecule has 0 bridgehead atoms. The van der Waals surface area contributed by atoms with Crippen LogP contribution in [0.15, 0.2) is 60.3 Å². The molecular formula is C25H28N6O5S. The molecule has 0 saturated heterocycles. The first-order valence-corrected chi connectivity index (χ1v) is 12.3. The molecule has 0 aliphatic rings. The molecule has 3 aromatic rings. The smallest absolute Gasteiger partial charge is 0.271 e. The lowest BCUT2D eigenvalue weighted by Gasteiger charge is -2.15. The lowest BCUT2D eigenvalue weighted by molar-refractivity contribution is -0.384. The fourth-order valence-electron chi connectivity index (χ4n) is 3.49. The van der Waals surface area contributed by atoms with Crippen LogP contribution in [0.1, 0.15) is 29.9 Å². The maximum absolute atomic E-state index is 12.6. The average molecular weight is 525 g/mol. The highest BCUT2D eigenvalue weighted by Gasteiger charge is 2.20. The number of anilines is 1. The Bertz CT molecular complexity index is 1290. The van der Waals surface area contributed by atoms with Gasteiger partial charge in [0.25, 0.3) is 5.69 Å². The number of nitro groups is 1. The Labute approximate surface area is 218 Å². The lowest BCUT2D eigenvalue weighted by Crippen LogP contribution is -2.30. The molecule has 0 fully saturated rings. The molecule has 11 nitrogen and oxygen atoms in total. The Balaban J connectivity index is 1.63. The number of non-ortho nitro benzene ring substituents is 1. The van der Waals surface area contributed by atoms with E-state index in [4.69, 9.17) is 4.74 Å². The van der Waals surface area contributed by atoms with Gasteiger partial charge >= 0.3 is 0 Å². The Morgan fingerprint density at radius 1 is 1.22 bits per heavy atom. The molecule has 0 saturated carbocycles. The van der Waals surface area contributed by atoms with Gasteiger partial charge in [-0.15, -0.1) is 16.8 Å². The van der Waals surface area contributed by atoms with Gasteiger partial charge in [-0.2, -0.15) is 0 Å². The van der Waals surface area contributed by atoms with Crippen LogP contribution in [0.4, 0.5) is 11.4 Å². The van der Waals surface area contributed by atoms with Crippen LogP contribution in [0.2, 0.25) is 0 Å². The standard InChI is InChI=1S/C25H28N6O5S/c1-5-12-30-24(17(3)26-22(32)13-18-7-10-20(36-4)11-8-18)28-29-25(30)37-15-23(33)27-21-14-19(31(34)35)9-6-16(21)2/h5-11,14,17H,1,12-13,15H2,2-4H3,(H,26,32)(H,27,33)/t17-/m0/s1. The molecule has 0 unspecified atom stereocenters. The topological polar surface area (TPSA) is 141 Å². The second kappa shape index (κ2) is 12.7. The summed E-state index contributed by atoms with van der Waals surface area (Å²) in [5.41, 5.74) is 1.83. The molecule has 1 heterocycles. The van der Waals surface area contributed by atoms with Crippen molar-refractivity contribution in [1.29, 1.82) is 0 Å². The van der Waals surface area contributed by atoms with Crippen LogP contribution in [0.25, 0.3) is 0 Å². The van der Waals surface area contributed by atoms with Crippen molar-refractivity contribution < 1.29 is 19.2 Å². The van der Waals surface area contributed by atoms with E-state index < -0.39 is 11.0 Å². The Morgan fingerprint density at radius 2 is 1.95 bits per heavy atom. The van der Waals surface area contributed by atoms with Gasteiger partial charge in [-0.25, -0.2) is 0 Å². The van der Waals surface area contributed by atoms with E-state index in [1.54, 1.807) is 42.9 Å². The summed E-state index contributed by atoms with van der Waals surface area (Å²) in [7, 11) is 1.58. The summed E-state index contributed by atoms with van der Waals surface area (Å²) in [6, 6.07) is 11.1. The molecule has 1 atom stereocenters. The second-order valence-corrected chi connectivity index (χ2v) is 9.09. The number of hydrogen-bond donors (Lipinski definition) is 2. The summed E-state index contributed by atoms with van der Waals surface area (Å²) in [5.74, 6) is 0.737. The predicted octanol–water partition coefficient (Wildman–Crippen LogP) is 3.84. The SMILES string of the molecule is C=CCn1c(SCC(=O)Nc2cc([N+](=O)[O-])ccc2C)nnc1[C@H](C)NC(=O)Cc1ccc(OC)cc1. The fraction of sp³-hybridized carbons (Fsp3) is 0.280. The van der Waals surface area contributed by atoms with E-state index in [9.17, 15) is 19.7 Å². The van der Waals surface area contributed by atoms with Crippen molar-refractivity contribution >= 4 is 35.0 Å². The van der Waals surface area contributed by atoms with Crippen molar-refractivity contribution in [2.24, 2.45) is 0 Å². The molecule has 0 radical (unpaired) electrons. The highest BCUT2D eigenvalue weighted by Crippen LogP contribution is 2.24. The number of carbonyl (C=O) groups is 2. The maximum Gasteiger partial charge on any atom is 0.271 e. The number of nitro benzene ring substituents is 1.